The van der Waals surface area contributed by atoms with Crippen LogP contribution in [0.15, 0.2) is 0 Å². The Bertz CT molecular complexity index is 1070. The Morgan fingerprint density at radius 2 is 1.56 bits per heavy atom. The van der Waals surface area contributed by atoms with Gasteiger partial charge in [-0.2, -0.15) is 0 Å². The summed E-state index contributed by atoms with van der Waals surface area (Å²) in [4.78, 5) is 37.6. The van der Waals surface area contributed by atoms with Crippen LogP contribution in [0, 0.1) is 17.8 Å². The highest BCUT2D eigenvalue weighted by Gasteiger charge is 2.52. The van der Waals surface area contributed by atoms with Crippen molar-refractivity contribution in [2.45, 2.75) is 165 Å². The molecule has 48 heavy (non-hydrogen) atoms. The van der Waals surface area contributed by atoms with Gasteiger partial charge in [0.15, 0.2) is 18.7 Å². The summed E-state index contributed by atoms with van der Waals surface area (Å²) in [5.41, 5.74) is 0. The molecular weight excluding hydrogens is 634 g/mol. The number of aliphatic hydroxyl groups is 5. The number of carbonyl (C=O) groups excluding carboxylic acids is 2. The minimum Gasteiger partial charge on any atom is -0.479 e. The average Bonchev–Trinajstić information content (AvgIpc) is 3.05. The fraction of sp³-hybridized carbons (Fsp3) is 0.909. The zero-order valence-electron chi connectivity index (χ0n) is 28.3. The Kier molecular flexibility index (Phi) is 14.2. The minimum atomic E-state index is -1.60. The number of amides is 1. The van der Waals surface area contributed by atoms with E-state index in [1.807, 2.05) is 6.92 Å². The van der Waals surface area contributed by atoms with Crippen molar-refractivity contribution in [2.75, 3.05) is 6.61 Å². The molecule has 4 rings (SSSR count). The molecule has 7 unspecified atom stereocenters. The first-order chi connectivity index (χ1) is 22.7. The molecule has 2 aliphatic carbocycles. The third kappa shape index (κ3) is 9.30. The Morgan fingerprint density at radius 1 is 0.875 bits per heavy atom. The number of carbonyl (C=O) groups is 3. The molecule has 0 aromatic rings. The minimum absolute atomic E-state index is 0.0820. The summed E-state index contributed by atoms with van der Waals surface area (Å²) in [6, 6.07) is -1.24. The molecule has 4 aliphatic rings. The fourth-order valence-electron chi connectivity index (χ4n) is 7.69. The molecule has 2 heterocycles. The summed E-state index contributed by atoms with van der Waals surface area (Å²) in [6.07, 6.45) is -9.25. The number of nitrogens with one attached hydrogen (secondary N) is 1. The molecular formula is C33H55NO14. The molecule has 0 bridgehead atoms. The lowest BCUT2D eigenvalue weighted by atomic mass is 9.75. The number of ether oxygens (including phenoxy) is 5. The van der Waals surface area contributed by atoms with E-state index in [0.717, 1.165) is 32.1 Å². The van der Waals surface area contributed by atoms with Crippen molar-refractivity contribution in [1.82, 2.24) is 5.32 Å². The van der Waals surface area contributed by atoms with Gasteiger partial charge in [0, 0.05) is 12.8 Å². The van der Waals surface area contributed by atoms with Crippen molar-refractivity contribution in [1.29, 1.82) is 0 Å². The molecule has 15 heteroatoms. The fourth-order valence-corrected chi connectivity index (χ4v) is 7.69. The molecule has 0 aromatic heterocycles. The van der Waals surface area contributed by atoms with Crippen LogP contribution in [0.25, 0.3) is 0 Å². The van der Waals surface area contributed by atoms with Gasteiger partial charge in [-0.1, -0.05) is 45.4 Å². The number of carboxylic acid groups (broad SMARTS) is 1. The Balaban J connectivity index is 1.64. The van der Waals surface area contributed by atoms with Crippen LogP contribution in [-0.4, -0.2) is 135 Å². The lowest BCUT2D eigenvalue weighted by molar-refractivity contribution is -0.338. The van der Waals surface area contributed by atoms with Crippen molar-refractivity contribution < 1.29 is 68.7 Å². The summed E-state index contributed by atoms with van der Waals surface area (Å²) in [6.45, 7) is 5.47. The van der Waals surface area contributed by atoms with E-state index in [4.69, 9.17) is 23.7 Å². The van der Waals surface area contributed by atoms with Gasteiger partial charge in [-0.3, -0.25) is 9.59 Å². The van der Waals surface area contributed by atoms with Crippen LogP contribution >= 0.6 is 0 Å². The number of ketones is 1. The number of aliphatic hydroxyl groups excluding tert-OH is 5. The van der Waals surface area contributed by atoms with E-state index in [-0.39, 0.29) is 30.5 Å². The maximum Gasteiger partial charge on any atom is 0.332 e. The summed E-state index contributed by atoms with van der Waals surface area (Å²) < 4.78 is 30.6. The number of hydrogen-bond donors (Lipinski definition) is 7. The van der Waals surface area contributed by atoms with E-state index >= 15 is 0 Å². The Labute approximate surface area is 281 Å². The molecule has 0 aromatic carbocycles. The van der Waals surface area contributed by atoms with E-state index in [0.29, 0.717) is 12.8 Å². The van der Waals surface area contributed by atoms with Gasteiger partial charge in [0.05, 0.1) is 24.9 Å². The van der Waals surface area contributed by atoms with Crippen molar-refractivity contribution in [2.24, 2.45) is 17.8 Å². The number of aliphatic carboxylic acids is 1. The molecule has 1 amide bonds. The predicted octanol–water partition coefficient (Wildman–Crippen LogP) is 0.00110. The second-order valence-electron chi connectivity index (χ2n) is 14.0. The molecule has 7 N–H and O–H groups in total. The zero-order valence-corrected chi connectivity index (χ0v) is 28.3. The summed E-state index contributed by atoms with van der Waals surface area (Å²) in [5, 5.41) is 65.6. The highest BCUT2D eigenvalue weighted by atomic mass is 16.7. The monoisotopic (exact) mass is 689 g/mol. The van der Waals surface area contributed by atoms with Crippen LogP contribution in [0.5, 0.6) is 0 Å². The van der Waals surface area contributed by atoms with Gasteiger partial charge >= 0.3 is 5.97 Å². The number of Topliss-reactive ketones (excluding diaryl/α,β-unsaturated/α-hetero) is 1. The smallest absolute Gasteiger partial charge is 0.332 e. The van der Waals surface area contributed by atoms with Crippen LogP contribution in [-0.2, 0) is 38.1 Å². The maximum absolute atomic E-state index is 12.7. The third-order valence-corrected chi connectivity index (χ3v) is 10.5. The Hall–Kier alpha value is -1.79. The molecule has 0 radical (unpaired) electrons. The summed E-state index contributed by atoms with van der Waals surface area (Å²) in [5.74, 6) is -2.46. The van der Waals surface area contributed by atoms with Crippen molar-refractivity contribution in [3.63, 3.8) is 0 Å². The summed E-state index contributed by atoms with van der Waals surface area (Å²) in [7, 11) is 0. The number of rotatable bonds is 13. The molecule has 15 atom stereocenters. The highest BCUT2D eigenvalue weighted by Crippen LogP contribution is 2.40. The van der Waals surface area contributed by atoms with Crippen molar-refractivity contribution in [3.8, 4) is 0 Å². The number of carboxylic acids is 1. The van der Waals surface area contributed by atoms with E-state index in [1.54, 1.807) is 0 Å². The van der Waals surface area contributed by atoms with Gasteiger partial charge < -0.3 is 59.6 Å². The topological polar surface area (TPSA) is 231 Å². The van der Waals surface area contributed by atoms with Gasteiger partial charge in [0.1, 0.15) is 48.4 Å². The Morgan fingerprint density at radius 3 is 2.15 bits per heavy atom. The number of hydrogen-bond acceptors (Lipinski definition) is 13. The summed E-state index contributed by atoms with van der Waals surface area (Å²) >= 11 is 0. The van der Waals surface area contributed by atoms with E-state index in [1.165, 1.54) is 20.8 Å². The first-order valence-corrected chi connectivity index (χ1v) is 17.4. The van der Waals surface area contributed by atoms with Crippen LogP contribution in [0.3, 0.4) is 0 Å². The van der Waals surface area contributed by atoms with E-state index in [2.05, 4.69) is 5.32 Å². The lowest BCUT2D eigenvalue weighted by Gasteiger charge is -2.49. The first-order valence-electron chi connectivity index (χ1n) is 17.4. The van der Waals surface area contributed by atoms with Gasteiger partial charge in [0.25, 0.3) is 0 Å². The highest BCUT2D eigenvalue weighted by molar-refractivity contribution is 5.78. The molecule has 2 saturated heterocycles. The van der Waals surface area contributed by atoms with Gasteiger partial charge in [0.2, 0.25) is 5.91 Å². The standard InChI is InChI=1S/C33H55NO14/c1-5-19-12-20(15(2)36)13-21(29(19)48-33-28(41)27(40)25(38)16(3)44-33)46-32-24(34-17(4)37)30(26(39)23(14-35)47-32)45-22(31(42)43)11-18-9-7-6-8-10-18/h16,18-30,32-33,35,38-41H,5-14H2,1-4H3,(H,34,37)(H,42,43)/t16-,19?,20?,21+,22-,23-,24?,25-,26?,27?,28-,29+,30?,32+,33?/m0/s1. The lowest BCUT2D eigenvalue weighted by Crippen LogP contribution is -2.67. The first kappa shape index (κ1) is 39.0. The van der Waals surface area contributed by atoms with Gasteiger partial charge in [-0.15, -0.1) is 0 Å². The molecule has 2 saturated carbocycles. The van der Waals surface area contributed by atoms with E-state index in [9.17, 15) is 45.0 Å². The van der Waals surface area contributed by atoms with E-state index < -0.39 is 104 Å². The second kappa shape index (κ2) is 17.4. The maximum atomic E-state index is 12.7. The quantitative estimate of drug-likeness (QED) is 0.135. The third-order valence-electron chi connectivity index (χ3n) is 10.5. The SMILES string of the molecule is CCC1CC(C(C)=O)C[C@@H](O[C@@H]2O[C@@H](CO)C(O)C(O[C@@H](CC3CCCCC3)C(=O)O)C2NC(C)=O)[C@@H]1OC1O[C@@H](C)[C@H](O)C(O)[C@@H]1O. The van der Waals surface area contributed by atoms with Crippen molar-refractivity contribution in [3.05, 3.63) is 0 Å². The normalized spacial score (nSPS) is 41.8. The molecule has 2 aliphatic heterocycles. The van der Waals surface area contributed by atoms with Crippen LogP contribution < -0.4 is 5.32 Å². The molecule has 15 nitrogen and oxygen atoms in total. The second-order valence-corrected chi connectivity index (χ2v) is 14.0. The van der Waals surface area contributed by atoms with Crippen LogP contribution in [0.2, 0.25) is 0 Å². The predicted molar refractivity (Wildman–Crippen MR) is 166 cm³/mol. The molecule has 276 valence electrons. The van der Waals surface area contributed by atoms with Gasteiger partial charge in [-0.25, -0.2) is 4.79 Å². The average molecular weight is 690 g/mol. The van der Waals surface area contributed by atoms with Crippen LogP contribution in [0.1, 0.15) is 85.5 Å². The largest absolute Gasteiger partial charge is 0.479 e. The van der Waals surface area contributed by atoms with Crippen molar-refractivity contribution >= 4 is 17.7 Å². The zero-order chi connectivity index (χ0) is 35.3. The molecule has 0 spiro atoms. The van der Waals surface area contributed by atoms with Gasteiger partial charge in [-0.05, 0) is 44.9 Å². The van der Waals surface area contributed by atoms with Crippen LogP contribution in [0.4, 0.5) is 0 Å². The molecule has 4 fully saturated rings.